The Morgan fingerprint density at radius 2 is 2.29 bits per heavy atom. The summed E-state index contributed by atoms with van der Waals surface area (Å²) in [5, 5.41) is 7.82. The van der Waals surface area contributed by atoms with Crippen molar-refractivity contribution in [3.8, 4) is 0 Å². The Hall–Kier alpha value is -1.13. The van der Waals surface area contributed by atoms with Gasteiger partial charge in [-0.05, 0) is 36.3 Å². The third-order valence-corrected chi connectivity index (χ3v) is 3.09. The van der Waals surface area contributed by atoms with Crippen molar-refractivity contribution in [3.05, 3.63) is 45.4 Å². The average molecular weight is 268 g/mol. The molecule has 1 aromatic heterocycles. The molecule has 0 fully saturated rings. The van der Waals surface area contributed by atoms with Gasteiger partial charge in [-0.1, -0.05) is 30.7 Å². The lowest BCUT2D eigenvalue weighted by atomic mass is 10.2. The number of aryl methyl sites for hydroxylation is 1. The Bertz CT molecular complexity index is 559. The van der Waals surface area contributed by atoms with Crippen LogP contribution < -0.4 is 0 Å². The van der Waals surface area contributed by atoms with Gasteiger partial charge in [-0.25, -0.2) is 0 Å². The Kier molecular flexibility index (Phi) is 3.97. The number of nitrogens with zero attached hydrogens (tertiary/aromatic N) is 2. The van der Waals surface area contributed by atoms with Crippen LogP contribution in [0.5, 0.6) is 0 Å². The van der Waals surface area contributed by atoms with Gasteiger partial charge in [-0.15, -0.1) is 0 Å². The number of halogens is 1. The van der Waals surface area contributed by atoms with Gasteiger partial charge >= 0.3 is 0 Å². The number of hydrogen-bond donors (Lipinski definition) is 1. The number of aromatic nitrogens is 3. The second-order valence-electron chi connectivity index (χ2n) is 3.91. The largest absolute Gasteiger partial charge is 0.300 e. The predicted molar refractivity (Wildman–Crippen MR) is 72.0 cm³/mol. The van der Waals surface area contributed by atoms with Crippen molar-refractivity contribution in [1.29, 1.82) is 0 Å². The molecule has 0 spiro atoms. The summed E-state index contributed by atoms with van der Waals surface area (Å²) < 4.78 is 2.68. The summed E-state index contributed by atoms with van der Waals surface area (Å²) in [6.45, 7) is 2.84. The van der Waals surface area contributed by atoms with Crippen LogP contribution in [0, 0.1) is 4.77 Å². The van der Waals surface area contributed by atoms with Crippen molar-refractivity contribution in [2.45, 2.75) is 26.3 Å². The summed E-state index contributed by atoms with van der Waals surface area (Å²) in [6, 6.07) is 7.80. The van der Waals surface area contributed by atoms with E-state index in [4.69, 9.17) is 23.8 Å². The molecule has 0 saturated heterocycles. The van der Waals surface area contributed by atoms with Gasteiger partial charge in [0.1, 0.15) is 5.82 Å². The SMILES string of the molecule is CCCc1n[nH]c(=S)n1Cc1cccc(Cl)c1. The second kappa shape index (κ2) is 5.47. The van der Waals surface area contributed by atoms with E-state index in [0.717, 1.165) is 29.3 Å². The molecular formula is C12H14ClN3S. The molecule has 2 aromatic rings. The van der Waals surface area contributed by atoms with E-state index >= 15 is 0 Å². The van der Waals surface area contributed by atoms with E-state index < -0.39 is 0 Å². The minimum Gasteiger partial charge on any atom is -0.300 e. The van der Waals surface area contributed by atoms with Gasteiger partial charge in [0, 0.05) is 11.4 Å². The molecule has 0 aliphatic heterocycles. The molecule has 1 N–H and O–H groups in total. The number of H-pyrrole nitrogens is 1. The molecule has 1 aromatic carbocycles. The molecule has 0 bridgehead atoms. The maximum Gasteiger partial charge on any atom is 0.195 e. The third kappa shape index (κ3) is 2.96. The van der Waals surface area contributed by atoms with Crippen LogP contribution in [-0.4, -0.2) is 14.8 Å². The van der Waals surface area contributed by atoms with E-state index in [9.17, 15) is 0 Å². The van der Waals surface area contributed by atoms with Crippen LogP contribution in [0.1, 0.15) is 24.7 Å². The zero-order valence-corrected chi connectivity index (χ0v) is 11.2. The summed E-state index contributed by atoms with van der Waals surface area (Å²) in [6.07, 6.45) is 1.98. The first-order chi connectivity index (χ1) is 8.20. The molecule has 0 unspecified atom stereocenters. The maximum atomic E-state index is 5.97. The number of benzene rings is 1. The number of hydrogen-bond acceptors (Lipinski definition) is 2. The molecule has 3 nitrogen and oxygen atoms in total. The van der Waals surface area contributed by atoms with E-state index in [2.05, 4.69) is 17.1 Å². The van der Waals surface area contributed by atoms with Gasteiger partial charge in [-0.3, -0.25) is 9.67 Å². The van der Waals surface area contributed by atoms with Crippen LogP contribution >= 0.6 is 23.8 Å². The summed E-state index contributed by atoms with van der Waals surface area (Å²) >= 11 is 11.2. The second-order valence-corrected chi connectivity index (χ2v) is 4.73. The summed E-state index contributed by atoms with van der Waals surface area (Å²) in [5.74, 6) is 0.998. The van der Waals surface area contributed by atoms with Gasteiger partial charge in [0.05, 0.1) is 6.54 Å². The molecule has 90 valence electrons. The quantitative estimate of drug-likeness (QED) is 0.859. The molecule has 0 radical (unpaired) electrons. The Morgan fingerprint density at radius 1 is 1.47 bits per heavy atom. The highest BCUT2D eigenvalue weighted by Gasteiger charge is 2.05. The fourth-order valence-corrected chi connectivity index (χ4v) is 2.17. The molecule has 1 heterocycles. The molecule has 17 heavy (non-hydrogen) atoms. The Morgan fingerprint density at radius 3 is 3.00 bits per heavy atom. The van der Waals surface area contributed by atoms with Crippen LogP contribution in [0.3, 0.4) is 0 Å². The number of nitrogens with one attached hydrogen (secondary N) is 1. The van der Waals surface area contributed by atoms with Gasteiger partial charge in [0.15, 0.2) is 4.77 Å². The highest BCUT2D eigenvalue weighted by Crippen LogP contribution is 2.13. The van der Waals surface area contributed by atoms with Crippen molar-refractivity contribution in [3.63, 3.8) is 0 Å². The minimum atomic E-state index is 0.661. The molecule has 0 saturated carbocycles. The highest BCUT2D eigenvalue weighted by atomic mass is 35.5. The zero-order chi connectivity index (χ0) is 12.3. The van der Waals surface area contributed by atoms with Gasteiger partial charge in [0.2, 0.25) is 0 Å². The normalized spacial score (nSPS) is 10.7. The first-order valence-corrected chi connectivity index (χ1v) is 6.38. The van der Waals surface area contributed by atoms with Crippen LogP contribution in [0.4, 0.5) is 0 Å². The van der Waals surface area contributed by atoms with Crippen molar-refractivity contribution >= 4 is 23.8 Å². The summed E-state index contributed by atoms with van der Waals surface area (Å²) in [7, 11) is 0. The number of rotatable bonds is 4. The molecule has 0 atom stereocenters. The van der Waals surface area contributed by atoms with Crippen molar-refractivity contribution < 1.29 is 0 Å². The average Bonchev–Trinajstić information content (AvgIpc) is 2.62. The van der Waals surface area contributed by atoms with E-state index in [1.165, 1.54) is 0 Å². The molecule has 0 amide bonds. The van der Waals surface area contributed by atoms with Crippen LogP contribution in [-0.2, 0) is 13.0 Å². The maximum absolute atomic E-state index is 5.97. The lowest BCUT2D eigenvalue weighted by Gasteiger charge is -2.06. The van der Waals surface area contributed by atoms with Gasteiger partial charge in [-0.2, -0.15) is 5.10 Å². The number of aromatic amines is 1. The zero-order valence-electron chi connectivity index (χ0n) is 9.61. The lowest BCUT2D eigenvalue weighted by Crippen LogP contribution is -2.05. The van der Waals surface area contributed by atoms with Crippen LogP contribution in [0.25, 0.3) is 0 Å². The van der Waals surface area contributed by atoms with E-state index in [1.54, 1.807) is 0 Å². The molecular weight excluding hydrogens is 254 g/mol. The lowest BCUT2D eigenvalue weighted by molar-refractivity contribution is 0.699. The molecule has 0 aliphatic carbocycles. The highest BCUT2D eigenvalue weighted by molar-refractivity contribution is 7.71. The van der Waals surface area contributed by atoms with E-state index in [0.29, 0.717) is 11.3 Å². The molecule has 2 rings (SSSR count). The summed E-state index contributed by atoms with van der Waals surface area (Å²) in [5.41, 5.74) is 1.13. The smallest absolute Gasteiger partial charge is 0.195 e. The minimum absolute atomic E-state index is 0.661. The van der Waals surface area contributed by atoms with Crippen molar-refractivity contribution in [2.75, 3.05) is 0 Å². The standard InChI is InChI=1S/C12H14ClN3S/c1-2-4-11-14-15-12(17)16(11)8-9-5-3-6-10(13)7-9/h3,5-7H,2,4,8H2,1H3,(H,15,17). The summed E-state index contributed by atoms with van der Waals surface area (Å²) in [4.78, 5) is 0. The van der Waals surface area contributed by atoms with Gasteiger partial charge in [0.25, 0.3) is 0 Å². The van der Waals surface area contributed by atoms with E-state index in [1.807, 2.05) is 28.8 Å². The molecule has 0 aliphatic rings. The monoisotopic (exact) mass is 267 g/mol. The first kappa shape index (κ1) is 12.3. The third-order valence-electron chi connectivity index (χ3n) is 2.54. The topological polar surface area (TPSA) is 33.6 Å². The van der Waals surface area contributed by atoms with Crippen LogP contribution in [0.15, 0.2) is 24.3 Å². The van der Waals surface area contributed by atoms with Crippen LogP contribution in [0.2, 0.25) is 5.02 Å². The molecule has 5 heteroatoms. The first-order valence-electron chi connectivity index (χ1n) is 5.59. The van der Waals surface area contributed by atoms with Gasteiger partial charge < -0.3 is 0 Å². The predicted octanol–water partition coefficient (Wildman–Crippen LogP) is 3.59. The fourth-order valence-electron chi connectivity index (χ4n) is 1.75. The van der Waals surface area contributed by atoms with Crippen molar-refractivity contribution in [1.82, 2.24) is 14.8 Å². The Labute approximate surface area is 110 Å². The van der Waals surface area contributed by atoms with E-state index in [-0.39, 0.29) is 0 Å². The fraction of sp³-hybridized carbons (Fsp3) is 0.333. The van der Waals surface area contributed by atoms with Crippen molar-refractivity contribution in [2.24, 2.45) is 0 Å². The Balaban J connectivity index is 2.29.